The molecule has 174 valence electrons. The van der Waals surface area contributed by atoms with Crippen LogP contribution in [0.1, 0.15) is 29.5 Å². The molecule has 0 saturated carbocycles. The van der Waals surface area contributed by atoms with Crippen molar-refractivity contribution in [1.82, 2.24) is 19.6 Å². The third kappa shape index (κ3) is 3.04. The molecule has 11 heteroatoms. The minimum atomic E-state index is 0.425. The van der Waals surface area contributed by atoms with E-state index in [1.165, 1.54) is 11.3 Å². The molecule has 1 aromatic carbocycles. The van der Waals surface area contributed by atoms with Crippen molar-refractivity contribution in [3.8, 4) is 38.6 Å². The summed E-state index contributed by atoms with van der Waals surface area (Å²) in [5, 5.41) is 6.95. The van der Waals surface area contributed by atoms with E-state index < -0.39 is 0 Å². The van der Waals surface area contributed by atoms with Gasteiger partial charge in [-0.2, -0.15) is 0 Å². The number of rotatable bonds is 4. The fourth-order valence-electron chi connectivity index (χ4n) is 4.59. The molecule has 5 aromatic rings. The van der Waals surface area contributed by atoms with E-state index in [1.807, 2.05) is 18.3 Å². The smallest absolute Gasteiger partial charge is 0.294 e. The molecule has 2 aliphatic rings. The Bertz CT molecular complexity index is 1510. The van der Waals surface area contributed by atoms with Gasteiger partial charge in [0.1, 0.15) is 29.4 Å². The molecular formula is C23H20N4O5S2. The number of fused-ring (bicyclic) bond motifs is 6. The zero-order valence-electron chi connectivity index (χ0n) is 18.5. The Labute approximate surface area is 201 Å². The number of benzene rings is 1. The van der Waals surface area contributed by atoms with Crippen molar-refractivity contribution in [3.63, 3.8) is 0 Å². The Morgan fingerprint density at radius 1 is 1.09 bits per heavy atom. The number of furan rings is 1. The second kappa shape index (κ2) is 7.69. The molecule has 1 saturated heterocycles. The summed E-state index contributed by atoms with van der Waals surface area (Å²) in [5.74, 6) is 2.55. The quantitative estimate of drug-likeness (QED) is 0.338. The van der Waals surface area contributed by atoms with Crippen molar-refractivity contribution >= 4 is 38.6 Å². The zero-order chi connectivity index (χ0) is 22.8. The highest BCUT2D eigenvalue weighted by Gasteiger charge is 2.31. The SMILES string of the molecule is COc1nn2cc(-c3cc4c5c(c(OC)cc4o3)-c3sc(C4CCOCC4)nc3CO5)nc2s1. The van der Waals surface area contributed by atoms with E-state index in [1.54, 1.807) is 30.1 Å². The summed E-state index contributed by atoms with van der Waals surface area (Å²) in [5.41, 5.74) is 3.29. The van der Waals surface area contributed by atoms with Crippen molar-refractivity contribution in [1.29, 1.82) is 0 Å². The van der Waals surface area contributed by atoms with Crippen molar-refractivity contribution in [2.45, 2.75) is 25.4 Å². The molecule has 0 N–H and O–H groups in total. The van der Waals surface area contributed by atoms with Gasteiger partial charge in [-0.1, -0.05) is 0 Å². The summed E-state index contributed by atoms with van der Waals surface area (Å²) in [7, 11) is 3.26. The first-order chi connectivity index (χ1) is 16.7. The maximum atomic E-state index is 6.26. The summed E-state index contributed by atoms with van der Waals surface area (Å²) >= 11 is 3.12. The lowest BCUT2D eigenvalue weighted by atomic mass is 10.0. The van der Waals surface area contributed by atoms with Crippen molar-refractivity contribution in [2.24, 2.45) is 0 Å². The van der Waals surface area contributed by atoms with Crippen molar-refractivity contribution in [3.05, 3.63) is 29.0 Å². The van der Waals surface area contributed by atoms with Crippen LogP contribution in [0.5, 0.6) is 16.7 Å². The molecule has 0 atom stereocenters. The van der Waals surface area contributed by atoms with Gasteiger partial charge in [-0.05, 0) is 30.2 Å². The van der Waals surface area contributed by atoms with Crippen LogP contribution < -0.4 is 14.2 Å². The number of aromatic nitrogens is 4. The first-order valence-corrected chi connectivity index (χ1v) is 12.6. The maximum absolute atomic E-state index is 6.26. The molecule has 0 bridgehead atoms. The molecule has 0 aliphatic carbocycles. The summed E-state index contributed by atoms with van der Waals surface area (Å²) in [6.45, 7) is 2.00. The summed E-state index contributed by atoms with van der Waals surface area (Å²) in [6, 6.07) is 3.90. The van der Waals surface area contributed by atoms with Gasteiger partial charge in [0.2, 0.25) is 4.96 Å². The van der Waals surface area contributed by atoms with Crippen LogP contribution in [0.15, 0.2) is 22.7 Å². The van der Waals surface area contributed by atoms with E-state index in [0.717, 1.165) is 63.3 Å². The molecule has 6 heterocycles. The van der Waals surface area contributed by atoms with Crippen LogP contribution in [0.3, 0.4) is 0 Å². The lowest BCUT2D eigenvalue weighted by Gasteiger charge is -2.19. The normalized spacial score (nSPS) is 15.9. The molecule has 0 radical (unpaired) electrons. The molecule has 4 aromatic heterocycles. The van der Waals surface area contributed by atoms with Crippen LogP contribution in [0.2, 0.25) is 0 Å². The molecule has 0 unspecified atom stereocenters. The molecular weight excluding hydrogens is 476 g/mol. The van der Waals surface area contributed by atoms with Crippen LogP contribution in [-0.2, 0) is 11.3 Å². The number of nitrogens with zero attached hydrogens (tertiary/aromatic N) is 4. The topological polar surface area (TPSA) is 93.1 Å². The third-order valence-electron chi connectivity index (χ3n) is 6.28. The first kappa shape index (κ1) is 20.2. The van der Waals surface area contributed by atoms with E-state index in [-0.39, 0.29) is 0 Å². The molecule has 9 nitrogen and oxygen atoms in total. The molecule has 0 spiro atoms. The van der Waals surface area contributed by atoms with E-state index in [2.05, 4.69) is 10.1 Å². The molecule has 7 rings (SSSR count). The van der Waals surface area contributed by atoms with E-state index in [4.69, 9.17) is 28.3 Å². The van der Waals surface area contributed by atoms with Gasteiger partial charge in [-0.25, -0.2) is 14.5 Å². The van der Waals surface area contributed by atoms with Gasteiger partial charge in [0.15, 0.2) is 5.76 Å². The lowest BCUT2D eigenvalue weighted by molar-refractivity contribution is 0.0852. The Balaban J connectivity index is 1.34. The van der Waals surface area contributed by atoms with Gasteiger partial charge in [-0.3, -0.25) is 0 Å². The van der Waals surface area contributed by atoms with Crippen molar-refractivity contribution in [2.75, 3.05) is 27.4 Å². The third-order valence-corrected chi connectivity index (χ3v) is 8.44. The van der Waals surface area contributed by atoms with E-state index in [0.29, 0.717) is 40.5 Å². The van der Waals surface area contributed by atoms with Gasteiger partial charge < -0.3 is 23.4 Å². The Morgan fingerprint density at radius 3 is 2.76 bits per heavy atom. The van der Waals surface area contributed by atoms with Crippen LogP contribution in [0.25, 0.3) is 37.8 Å². The highest BCUT2D eigenvalue weighted by atomic mass is 32.1. The number of imidazole rings is 1. The number of hydrogen-bond donors (Lipinski definition) is 0. The Kier molecular flexibility index (Phi) is 4.58. The highest BCUT2D eigenvalue weighted by molar-refractivity contribution is 7.18. The molecule has 1 fully saturated rings. The highest BCUT2D eigenvalue weighted by Crippen LogP contribution is 2.52. The summed E-state index contributed by atoms with van der Waals surface area (Å²) < 4.78 is 30.7. The van der Waals surface area contributed by atoms with Crippen LogP contribution in [-0.4, -0.2) is 47.0 Å². The first-order valence-electron chi connectivity index (χ1n) is 11.0. The van der Waals surface area contributed by atoms with Crippen molar-refractivity contribution < 1.29 is 23.4 Å². The average Bonchev–Trinajstić information content (AvgIpc) is 3.64. The lowest BCUT2D eigenvalue weighted by Crippen LogP contribution is -2.14. The van der Waals surface area contributed by atoms with Gasteiger partial charge in [0.25, 0.3) is 5.19 Å². The summed E-state index contributed by atoms with van der Waals surface area (Å²) in [6.07, 6.45) is 3.84. The Hall–Kier alpha value is -3.15. The fourth-order valence-corrected chi connectivity index (χ4v) is 6.57. The predicted molar refractivity (Wildman–Crippen MR) is 127 cm³/mol. The number of hydrogen-bond acceptors (Lipinski definition) is 10. The average molecular weight is 497 g/mol. The predicted octanol–water partition coefficient (Wildman–Crippen LogP) is 5.13. The number of ether oxygens (including phenoxy) is 4. The monoisotopic (exact) mass is 496 g/mol. The van der Waals surface area contributed by atoms with E-state index >= 15 is 0 Å². The maximum Gasteiger partial charge on any atom is 0.294 e. The molecule has 0 amide bonds. The minimum absolute atomic E-state index is 0.425. The summed E-state index contributed by atoms with van der Waals surface area (Å²) in [4.78, 5) is 11.4. The second-order valence-electron chi connectivity index (χ2n) is 8.23. The second-order valence-corrected chi connectivity index (χ2v) is 10.2. The van der Waals surface area contributed by atoms with Gasteiger partial charge in [0, 0.05) is 25.2 Å². The largest absolute Gasteiger partial charge is 0.496 e. The molecule has 34 heavy (non-hydrogen) atoms. The van der Waals surface area contributed by atoms with Crippen LogP contribution >= 0.6 is 22.7 Å². The van der Waals surface area contributed by atoms with Crippen LogP contribution in [0, 0.1) is 0 Å². The van der Waals surface area contributed by atoms with E-state index in [9.17, 15) is 0 Å². The van der Waals surface area contributed by atoms with Crippen LogP contribution in [0.4, 0.5) is 0 Å². The number of methoxy groups -OCH3 is 2. The standard InChI is InChI=1S/C23H20N4O5S2/c1-28-17-8-15-12(7-16(32-15)13-9-27-22(25-13)34-23(26-27)29-2)19-18(17)20-14(10-31-19)24-21(33-20)11-3-5-30-6-4-11/h7-9,11H,3-6,10H2,1-2H3. The van der Waals surface area contributed by atoms with Gasteiger partial charge in [-0.15, -0.1) is 16.4 Å². The zero-order valence-corrected chi connectivity index (χ0v) is 20.1. The molecule has 2 aliphatic heterocycles. The van der Waals surface area contributed by atoms with Gasteiger partial charge >= 0.3 is 0 Å². The minimum Gasteiger partial charge on any atom is -0.496 e. The fraction of sp³-hybridized carbons (Fsp3) is 0.348. The number of thiazole rings is 1. The van der Waals surface area contributed by atoms with Gasteiger partial charge in [0.05, 0.1) is 46.9 Å². The Morgan fingerprint density at radius 2 is 1.97 bits per heavy atom.